The number of carbonyl (C=O) groups is 2. The van der Waals surface area contributed by atoms with Crippen molar-refractivity contribution in [2.45, 2.75) is 12.5 Å². The molecular formula is C13H16AlFN2O4+. The third-order valence-corrected chi connectivity index (χ3v) is 3.62. The van der Waals surface area contributed by atoms with Gasteiger partial charge in [0.05, 0.1) is 0 Å². The number of carbonyl (C=O) groups excluding carboxylic acids is 1. The van der Waals surface area contributed by atoms with Crippen molar-refractivity contribution in [3.8, 4) is 5.75 Å². The van der Waals surface area contributed by atoms with Crippen molar-refractivity contribution in [1.82, 2.24) is 4.90 Å². The quantitative estimate of drug-likeness (QED) is 0.701. The molecule has 1 radical (unpaired) electrons. The summed E-state index contributed by atoms with van der Waals surface area (Å²) >= 11 is 2.32. The number of amides is 1. The van der Waals surface area contributed by atoms with E-state index in [0.717, 1.165) is 6.07 Å². The molecule has 0 saturated heterocycles. The van der Waals surface area contributed by atoms with Crippen molar-refractivity contribution in [3.63, 3.8) is 0 Å². The molecule has 1 rings (SSSR count). The van der Waals surface area contributed by atoms with Crippen LogP contribution < -0.4 is 14.9 Å². The second-order valence-electron chi connectivity index (χ2n) is 4.68. The van der Waals surface area contributed by atoms with E-state index in [4.69, 9.17) is 15.6 Å². The first-order valence-corrected chi connectivity index (χ1v) is 6.63. The minimum atomic E-state index is -1.22. The molecule has 21 heavy (non-hydrogen) atoms. The third kappa shape index (κ3) is 3.73. The van der Waals surface area contributed by atoms with Crippen molar-refractivity contribution in [3.05, 3.63) is 23.0 Å². The van der Waals surface area contributed by atoms with Crippen LogP contribution in [0.5, 0.6) is 5.75 Å². The third-order valence-electron chi connectivity index (χ3n) is 2.96. The van der Waals surface area contributed by atoms with E-state index in [-0.39, 0.29) is 23.3 Å². The molecule has 0 aliphatic rings. The molecule has 0 heterocycles. The summed E-state index contributed by atoms with van der Waals surface area (Å²) in [5, 5.41) is 8.89. The van der Waals surface area contributed by atoms with E-state index in [1.165, 1.54) is 26.1 Å². The number of benzene rings is 1. The van der Waals surface area contributed by atoms with Crippen molar-refractivity contribution in [2.24, 2.45) is 5.73 Å². The second-order valence-corrected chi connectivity index (χ2v) is 5.26. The first-order valence-electron chi connectivity index (χ1n) is 6.05. The number of carboxylic acid groups (broad SMARTS) is 1. The van der Waals surface area contributed by atoms with Gasteiger partial charge in [-0.2, -0.15) is 0 Å². The van der Waals surface area contributed by atoms with E-state index < -0.39 is 23.7 Å². The van der Waals surface area contributed by atoms with Crippen LogP contribution in [0.1, 0.15) is 15.9 Å². The molecule has 0 spiro atoms. The molecule has 0 aromatic heterocycles. The summed E-state index contributed by atoms with van der Waals surface area (Å²) < 4.78 is 19.4. The summed E-state index contributed by atoms with van der Waals surface area (Å²) in [7, 11) is 4.35. The molecule has 8 heteroatoms. The standard InChI is InChI=1S/C13H16FN2O4.Al/c1-16(2)12(17)8-4-7(6-10(15)13(18)19)11(20-3)9(14)5-8;/h5,10H,6,15H2,1-3H3,(H,18,19);/q;+1. The van der Waals surface area contributed by atoms with Crippen molar-refractivity contribution in [2.75, 3.05) is 21.2 Å². The molecule has 0 fully saturated rings. The zero-order valence-electron chi connectivity index (χ0n) is 12.0. The Morgan fingerprint density at radius 2 is 2.10 bits per heavy atom. The molecule has 1 atom stereocenters. The molecule has 0 aliphatic heterocycles. The zero-order valence-corrected chi connectivity index (χ0v) is 13.2. The summed E-state index contributed by atoms with van der Waals surface area (Å²) in [6, 6.07) is -0.151. The Hall–Kier alpha value is -1.62. The van der Waals surface area contributed by atoms with Gasteiger partial charge in [-0.15, -0.1) is 0 Å². The van der Waals surface area contributed by atoms with E-state index in [9.17, 15) is 14.0 Å². The Labute approximate surface area is 130 Å². The van der Waals surface area contributed by atoms with E-state index in [1.807, 2.05) is 0 Å². The predicted molar refractivity (Wildman–Crippen MR) is 75.7 cm³/mol. The van der Waals surface area contributed by atoms with Crippen LogP contribution in [0.4, 0.5) is 4.39 Å². The van der Waals surface area contributed by atoms with Gasteiger partial charge < -0.3 is 0 Å². The van der Waals surface area contributed by atoms with Gasteiger partial charge in [-0.05, 0) is 0 Å². The van der Waals surface area contributed by atoms with Gasteiger partial charge in [-0.25, -0.2) is 0 Å². The molecule has 6 nitrogen and oxygen atoms in total. The Morgan fingerprint density at radius 3 is 2.52 bits per heavy atom. The monoisotopic (exact) mass is 310 g/mol. The molecule has 0 bridgehead atoms. The molecule has 111 valence electrons. The number of aliphatic carboxylic acids is 1. The number of nitrogens with two attached hydrogens (primary N) is 1. The first-order chi connectivity index (χ1) is 9.70. The fourth-order valence-corrected chi connectivity index (χ4v) is 2.30. The maximum absolute atomic E-state index is 14.1. The summed E-state index contributed by atoms with van der Waals surface area (Å²) in [6.45, 7) is 0. The number of hydrogen-bond acceptors (Lipinski definition) is 4. The first kappa shape index (κ1) is 17.4. The van der Waals surface area contributed by atoms with Gasteiger partial charge in [0.2, 0.25) is 0 Å². The van der Waals surface area contributed by atoms with E-state index >= 15 is 0 Å². The fourth-order valence-electron chi connectivity index (χ4n) is 1.85. The van der Waals surface area contributed by atoms with Crippen molar-refractivity contribution in [1.29, 1.82) is 0 Å². The normalized spacial score (nSPS) is 11.8. The Bertz CT molecular complexity index is 578. The zero-order chi connectivity index (χ0) is 16.3. The van der Waals surface area contributed by atoms with Crippen LogP contribution in [0.15, 0.2) is 6.07 Å². The minimum absolute atomic E-state index is 0.105. The SMILES string of the molecule is COc1c(F)cc(C(=O)N(C)C)[c]([Al+])c1CC(N)C(=O)O. The number of hydrogen-bond donors (Lipinski definition) is 2. The summed E-state index contributed by atoms with van der Waals surface area (Å²) in [5.41, 5.74) is 5.87. The van der Waals surface area contributed by atoms with Gasteiger partial charge in [0.25, 0.3) is 0 Å². The Morgan fingerprint density at radius 1 is 1.52 bits per heavy atom. The fraction of sp³-hybridized carbons (Fsp3) is 0.385. The molecule has 1 aromatic rings. The number of ether oxygens (including phenoxy) is 1. The van der Waals surface area contributed by atoms with Gasteiger partial charge >= 0.3 is 129 Å². The van der Waals surface area contributed by atoms with Gasteiger partial charge in [-0.3, -0.25) is 0 Å². The number of rotatable bonds is 5. The molecule has 1 unspecified atom stereocenters. The number of nitrogens with zero attached hydrogens (tertiary/aromatic N) is 1. The average molecular weight is 310 g/mol. The van der Waals surface area contributed by atoms with Crippen LogP contribution in [-0.2, 0) is 11.2 Å². The molecule has 3 N–H and O–H groups in total. The molecule has 1 aromatic carbocycles. The van der Waals surface area contributed by atoms with Crippen LogP contribution in [-0.4, -0.2) is 65.4 Å². The number of halogens is 1. The van der Waals surface area contributed by atoms with Gasteiger partial charge in [0.1, 0.15) is 0 Å². The summed E-state index contributed by atoms with van der Waals surface area (Å²) in [6.07, 6.45) is -0.150. The van der Waals surface area contributed by atoms with Crippen LogP contribution in [0, 0.1) is 5.82 Å². The van der Waals surface area contributed by atoms with E-state index in [1.54, 1.807) is 0 Å². The molecule has 0 saturated carbocycles. The van der Waals surface area contributed by atoms with Crippen molar-refractivity contribution < 1.29 is 23.8 Å². The van der Waals surface area contributed by atoms with Crippen LogP contribution in [0.2, 0.25) is 0 Å². The van der Waals surface area contributed by atoms with Crippen LogP contribution >= 0.6 is 0 Å². The number of methoxy groups -OCH3 is 1. The van der Waals surface area contributed by atoms with Gasteiger partial charge in [-0.1, -0.05) is 0 Å². The number of carboxylic acids is 1. The van der Waals surface area contributed by atoms with Crippen LogP contribution in [0.25, 0.3) is 0 Å². The van der Waals surface area contributed by atoms with Gasteiger partial charge in [0, 0.05) is 0 Å². The average Bonchev–Trinajstić information content (AvgIpc) is 2.41. The maximum atomic E-state index is 14.1. The summed E-state index contributed by atoms with van der Waals surface area (Å²) in [4.78, 5) is 24.2. The molecule has 0 aliphatic carbocycles. The van der Waals surface area contributed by atoms with E-state index in [2.05, 4.69) is 16.3 Å². The Kier molecular flexibility index (Phi) is 5.72. The van der Waals surface area contributed by atoms with E-state index in [0.29, 0.717) is 4.43 Å². The van der Waals surface area contributed by atoms with Crippen molar-refractivity contribution >= 4 is 32.6 Å². The molecular weight excluding hydrogens is 294 g/mol. The summed E-state index contributed by atoms with van der Waals surface area (Å²) in [5.74, 6) is -2.45. The van der Waals surface area contributed by atoms with Gasteiger partial charge in [0.15, 0.2) is 0 Å². The molecule has 1 amide bonds. The van der Waals surface area contributed by atoms with Crippen LogP contribution in [0.3, 0.4) is 0 Å². The predicted octanol–water partition coefficient (Wildman–Crippen LogP) is -0.716. The second kappa shape index (κ2) is 6.89. The Balaban J connectivity index is 3.44. The topological polar surface area (TPSA) is 92.9 Å².